The van der Waals surface area contributed by atoms with E-state index in [-0.39, 0.29) is 11.7 Å². The van der Waals surface area contributed by atoms with E-state index >= 15 is 0 Å². The Balaban J connectivity index is 1.40. The van der Waals surface area contributed by atoms with Gasteiger partial charge in [0.05, 0.1) is 5.69 Å². The zero-order valence-corrected chi connectivity index (χ0v) is 16.2. The van der Waals surface area contributed by atoms with E-state index in [1.165, 1.54) is 36.3 Å². The summed E-state index contributed by atoms with van der Waals surface area (Å²) in [7, 11) is 0. The number of likely N-dealkylation sites (tertiary alicyclic amines) is 1. The van der Waals surface area contributed by atoms with E-state index in [4.69, 9.17) is 0 Å². The molecule has 1 saturated heterocycles. The number of carbonyl (C=O) groups excluding carboxylic acids is 1. The van der Waals surface area contributed by atoms with Gasteiger partial charge in [0.2, 0.25) is 0 Å². The Morgan fingerprint density at radius 2 is 2.00 bits per heavy atom. The Morgan fingerprint density at radius 1 is 1.22 bits per heavy atom. The molecule has 3 rings (SSSR count). The highest BCUT2D eigenvalue weighted by atomic mass is 19.1. The second-order valence-corrected chi connectivity index (χ2v) is 7.79. The van der Waals surface area contributed by atoms with Crippen molar-refractivity contribution in [3.05, 3.63) is 48.0 Å². The number of benzene rings is 1. The summed E-state index contributed by atoms with van der Waals surface area (Å²) in [5, 5.41) is 7.16. The minimum absolute atomic E-state index is 0.189. The molecule has 2 aromatic rings. The van der Waals surface area contributed by atoms with Crippen molar-refractivity contribution < 1.29 is 9.18 Å². The summed E-state index contributed by atoms with van der Waals surface area (Å²) in [6.07, 6.45) is 5.03. The summed E-state index contributed by atoms with van der Waals surface area (Å²) in [5.74, 6) is 1.04. The summed E-state index contributed by atoms with van der Waals surface area (Å²) in [6.45, 7) is 8.77. The number of amides is 1. The molecule has 1 amide bonds. The van der Waals surface area contributed by atoms with E-state index in [1.54, 1.807) is 24.4 Å². The van der Waals surface area contributed by atoms with Gasteiger partial charge in [-0.15, -0.1) is 0 Å². The average molecular weight is 372 g/mol. The van der Waals surface area contributed by atoms with Crippen molar-refractivity contribution >= 4 is 5.91 Å². The van der Waals surface area contributed by atoms with Crippen molar-refractivity contribution in [2.45, 2.75) is 33.1 Å². The van der Waals surface area contributed by atoms with Gasteiger partial charge in [-0.2, -0.15) is 5.10 Å². The SMILES string of the molecule is CC1CC(C)CN(CCCCNC(=O)c2ccn(-c3cccc(F)c3)n2)C1. The van der Waals surface area contributed by atoms with Crippen LogP contribution in [-0.4, -0.2) is 46.8 Å². The molecule has 146 valence electrons. The predicted molar refractivity (Wildman–Crippen MR) is 104 cm³/mol. The van der Waals surface area contributed by atoms with Crippen LogP contribution >= 0.6 is 0 Å². The van der Waals surface area contributed by atoms with Crippen molar-refractivity contribution in [2.24, 2.45) is 11.8 Å². The summed E-state index contributed by atoms with van der Waals surface area (Å²) in [6, 6.07) is 7.79. The van der Waals surface area contributed by atoms with Gasteiger partial charge in [-0.25, -0.2) is 9.07 Å². The van der Waals surface area contributed by atoms with E-state index in [1.807, 2.05) is 0 Å². The zero-order valence-electron chi connectivity index (χ0n) is 16.2. The van der Waals surface area contributed by atoms with Crippen molar-refractivity contribution in [3.8, 4) is 5.69 Å². The monoisotopic (exact) mass is 372 g/mol. The smallest absolute Gasteiger partial charge is 0.271 e. The van der Waals surface area contributed by atoms with Gasteiger partial charge >= 0.3 is 0 Å². The number of halogens is 1. The van der Waals surface area contributed by atoms with Crippen LogP contribution in [0.5, 0.6) is 0 Å². The fraction of sp³-hybridized carbons (Fsp3) is 0.524. The number of piperidine rings is 1. The van der Waals surface area contributed by atoms with E-state index in [2.05, 4.69) is 29.2 Å². The first-order valence-corrected chi connectivity index (χ1v) is 9.83. The van der Waals surface area contributed by atoms with Crippen LogP contribution in [0.2, 0.25) is 0 Å². The molecule has 0 aliphatic carbocycles. The standard InChI is InChI=1S/C21H29FN4O/c1-16-12-17(2)15-25(14-16)10-4-3-9-23-21(27)20-8-11-26(24-20)19-7-5-6-18(22)13-19/h5-8,11,13,16-17H,3-4,9-10,12,14-15H2,1-2H3,(H,23,27). The molecule has 1 aromatic carbocycles. The maximum atomic E-state index is 13.3. The second-order valence-electron chi connectivity index (χ2n) is 7.79. The molecular weight excluding hydrogens is 343 g/mol. The molecule has 5 nitrogen and oxygen atoms in total. The number of carbonyl (C=O) groups is 1. The summed E-state index contributed by atoms with van der Waals surface area (Å²) >= 11 is 0. The lowest BCUT2D eigenvalue weighted by Gasteiger charge is -2.34. The number of rotatable bonds is 7. The van der Waals surface area contributed by atoms with Crippen molar-refractivity contribution in [3.63, 3.8) is 0 Å². The first-order chi connectivity index (χ1) is 13.0. The third-order valence-corrected chi connectivity index (χ3v) is 5.03. The number of nitrogens with one attached hydrogen (secondary N) is 1. The maximum absolute atomic E-state index is 13.3. The van der Waals surface area contributed by atoms with Crippen LogP contribution in [-0.2, 0) is 0 Å². The van der Waals surface area contributed by atoms with Gasteiger partial charge in [0, 0.05) is 25.8 Å². The van der Waals surface area contributed by atoms with Crippen LogP contribution in [0.25, 0.3) is 5.69 Å². The van der Waals surface area contributed by atoms with Gasteiger partial charge in [-0.05, 0) is 61.9 Å². The third-order valence-electron chi connectivity index (χ3n) is 5.03. The van der Waals surface area contributed by atoms with Gasteiger partial charge in [0.15, 0.2) is 5.69 Å². The highest BCUT2D eigenvalue weighted by molar-refractivity contribution is 5.92. The molecule has 1 aromatic heterocycles. The van der Waals surface area contributed by atoms with Gasteiger partial charge < -0.3 is 10.2 Å². The second kappa shape index (κ2) is 9.13. The summed E-state index contributed by atoms with van der Waals surface area (Å²) < 4.78 is 14.8. The molecule has 2 unspecified atom stereocenters. The largest absolute Gasteiger partial charge is 0.351 e. The Kier molecular flexibility index (Phi) is 6.61. The molecule has 0 saturated carbocycles. The van der Waals surface area contributed by atoms with Crippen LogP contribution in [0, 0.1) is 17.7 Å². The van der Waals surface area contributed by atoms with Crippen molar-refractivity contribution in [1.82, 2.24) is 20.0 Å². The van der Waals surface area contributed by atoms with E-state index < -0.39 is 0 Å². The molecule has 0 bridgehead atoms. The number of aromatic nitrogens is 2. The minimum atomic E-state index is -0.327. The molecule has 6 heteroatoms. The van der Waals surface area contributed by atoms with Crippen molar-refractivity contribution in [1.29, 1.82) is 0 Å². The number of unbranched alkanes of at least 4 members (excludes halogenated alkanes) is 1. The van der Waals surface area contributed by atoms with Gasteiger partial charge in [0.25, 0.3) is 5.91 Å². The first kappa shape index (κ1) is 19.5. The molecular formula is C21H29FN4O. The Labute approximate surface area is 160 Å². The lowest BCUT2D eigenvalue weighted by atomic mass is 9.92. The zero-order chi connectivity index (χ0) is 19.2. The molecule has 27 heavy (non-hydrogen) atoms. The molecule has 0 spiro atoms. The molecule has 1 aliphatic heterocycles. The highest BCUT2D eigenvalue weighted by Crippen LogP contribution is 2.21. The Bertz CT molecular complexity index is 750. The fourth-order valence-corrected chi connectivity index (χ4v) is 3.93. The van der Waals surface area contributed by atoms with E-state index in [0.717, 1.165) is 31.2 Å². The number of hydrogen-bond donors (Lipinski definition) is 1. The van der Waals surface area contributed by atoms with Crippen LogP contribution in [0.4, 0.5) is 4.39 Å². The van der Waals surface area contributed by atoms with Crippen molar-refractivity contribution in [2.75, 3.05) is 26.2 Å². The number of hydrogen-bond acceptors (Lipinski definition) is 3. The third kappa shape index (κ3) is 5.63. The summed E-state index contributed by atoms with van der Waals surface area (Å²) in [4.78, 5) is 14.8. The minimum Gasteiger partial charge on any atom is -0.351 e. The number of nitrogens with zero attached hydrogens (tertiary/aromatic N) is 3. The molecule has 2 heterocycles. The van der Waals surface area contributed by atoms with Crippen LogP contribution < -0.4 is 5.32 Å². The summed E-state index contributed by atoms with van der Waals surface area (Å²) in [5.41, 5.74) is 0.942. The van der Waals surface area contributed by atoms with Gasteiger partial charge in [0.1, 0.15) is 5.82 Å². The maximum Gasteiger partial charge on any atom is 0.271 e. The molecule has 1 fully saturated rings. The molecule has 1 aliphatic rings. The van der Waals surface area contributed by atoms with Gasteiger partial charge in [-0.3, -0.25) is 4.79 Å². The lowest BCUT2D eigenvalue weighted by Crippen LogP contribution is -2.39. The van der Waals surface area contributed by atoms with E-state index in [9.17, 15) is 9.18 Å². The fourth-order valence-electron chi connectivity index (χ4n) is 3.93. The van der Waals surface area contributed by atoms with Gasteiger partial charge in [-0.1, -0.05) is 19.9 Å². The van der Waals surface area contributed by atoms with Crippen LogP contribution in [0.15, 0.2) is 36.5 Å². The molecule has 1 N–H and O–H groups in total. The molecule has 2 atom stereocenters. The Hall–Kier alpha value is -2.21. The average Bonchev–Trinajstić information content (AvgIpc) is 3.11. The molecule has 0 radical (unpaired) electrons. The highest BCUT2D eigenvalue weighted by Gasteiger charge is 2.21. The first-order valence-electron chi connectivity index (χ1n) is 9.83. The van der Waals surface area contributed by atoms with Crippen LogP contribution in [0.1, 0.15) is 43.6 Å². The quantitative estimate of drug-likeness (QED) is 0.757. The Morgan fingerprint density at radius 3 is 2.74 bits per heavy atom. The topological polar surface area (TPSA) is 50.2 Å². The normalized spacial score (nSPS) is 20.6. The van der Waals surface area contributed by atoms with E-state index in [0.29, 0.717) is 17.9 Å². The predicted octanol–water partition coefficient (Wildman–Crippen LogP) is 3.50. The lowest BCUT2D eigenvalue weighted by molar-refractivity contribution is 0.0946. The van der Waals surface area contributed by atoms with Crippen LogP contribution in [0.3, 0.4) is 0 Å².